The SMILES string of the molecule is Cc1ccc2c(NC(=O)C34CC5CC(CC(C5)C3)C4)cccc2n1. The summed E-state index contributed by atoms with van der Waals surface area (Å²) in [5.74, 6) is 2.63. The predicted molar refractivity (Wildman–Crippen MR) is 95.7 cm³/mol. The highest BCUT2D eigenvalue weighted by Gasteiger charge is 2.54. The normalized spacial score (nSPS) is 33.8. The first-order valence-corrected chi connectivity index (χ1v) is 9.29. The van der Waals surface area contributed by atoms with Gasteiger partial charge in [-0.05, 0) is 87.5 Å². The summed E-state index contributed by atoms with van der Waals surface area (Å²) < 4.78 is 0. The van der Waals surface area contributed by atoms with Gasteiger partial charge in [-0.2, -0.15) is 0 Å². The monoisotopic (exact) mass is 320 g/mol. The average molecular weight is 320 g/mol. The Balaban J connectivity index is 1.47. The van der Waals surface area contributed by atoms with Gasteiger partial charge in [0.1, 0.15) is 0 Å². The highest BCUT2D eigenvalue weighted by atomic mass is 16.2. The summed E-state index contributed by atoms with van der Waals surface area (Å²) in [5, 5.41) is 4.33. The van der Waals surface area contributed by atoms with Crippen molar-refractivity contribution in [1.29, 1.82) is 0 Å². The number of nitrogens with zero attached hydrogens (tertiary/aromatic N) is 1. The molecule has 1 N–H and O–H groups in total. The molecule has 1 heterocycles. The molecule has 0 unspecified atom stereocenters. The highest BCUT2D eigenvalue weighted by Crippen LogP contribution is 2.60. The third-order valence-corrected chi connectivity index (χ3v) is 6.64. The van der Waals surface area contributed by atoms with Crippen LogP contribution in [0.25, 0.3) is 10.9 Å². The van der Waals surface area contributed by atoms with Crippen molar-refractivity contribution in [2.45, 2.75) is 45.4 Å². The van der Waals surface area contributed by atoms with Crippen molar-refractivity contribution in [3.05, 3.63) is 36.0 Å². The standard InChI is InChI=1S/C21H24N2O/c1-13-5-6-17-18(22-13)3-2-4-19(17)23-20(24)21-10-14-7-15(11-21)9-16(8-14)12-21/h2-6,14-16H,7-12H2,1H3,(H,23,24). The predicted octanol–water partition coefficient (Wildman–Crippen LogP) is 4.70. The van der Waals surface area contributed by atoms with Crippen LogP contribution in [0.2, 0.25) is 0 Å². The smallest absolute Gasteiger partial charge is 0.230 e. The summed E-state index contributed by atoms with van der Waals surface area (Å²) in [6.45, 7) is 2.00. The van der Waals surface area contributed by atoms with E-state index in [1.54, 1.807) is 0 Å². The molecule has 1 aromatic heterocycles. The first kappa shape index (κ1) is 14.4. The fraction of sp³-hybridized carbons (Fsp3) is 0.524. The Hall–Kier alpha value is -1.90. The number of fused-ring (bicyclic) bond motifs is 1. The van der Waals surface area contributed by atoms with E-state index in [9.17, 15) is 4.79 Å². The van der Waals surface area contributed by atoms with Crippen molar-refractivity contribution in [2.24, 2.45) is 23.2 Å². The van der Waals surface area contributed by atoms with Crippen LogP contribution in [0.1, 0.15) is 44.2 Å². The molecule has 1 aromatic carbocycles. The molecule has 0 radical (unpaired) electrons. The van der Waals surface area contributed by atoms with Gasteiger partial charge in [-0.3, -0.25) is 9.78 Å². The van der Waals surface area contributed by atoms with Crippen LogP contribution in [-0.2, 0) is 4.79 Å². The molecule has 124 valence electrons. The van der Waals surface area contributed by atoms with Gasteiger partial charge >= 0.3 is 0 Å². The maximum Gasteiger partial charge on any atom is 0.230 e. The Morgan fingerprint density at radius 3 is 2.38 bits per heavy atom. The summed E-state index contributed by atoms with van der Waals surface area (Å²) >= 11 is 0. The third-order valence-electron chi connectivity index (χ3n) is 6.64. The topological polar surface area (TPSA) is 42.0 Å². The molecule has 0 aliphatic heterocycles. The number of aromatic nitrogens is 1. The molecule has 4 saturated carbocycles. The fourth-order valence-corrected chi connectivity index (χ4v) is 6.01. The average Bonchev–Trinajstić information content (AvgIpc) is 2.53. The van der Waals surface area contributed by atoms with Gasteiger partial charge in [0.05, 0.1) is 16.6 Å². The van der Waals surface area contributed by atoms with Crippen LogP contribution in [0, 0.1) is 30.1 Å². The minimum Gasteiger partial charge on any atom is -0.325 e. The van der Waals surface area contributed by atoms with Gasteiger partial charge in [-0.15, -0.1) is 0 Å². The van der Waals surface area contributed by atoms with Crippen LogP contribution in [0.5, 0.6) is 0 Å². The number of rotatable bonds is 2. The molecule has 0 spiro atoms. The molecule has 3 heteroatoms. The van der Waals surface area contributed by atoms with Crippen molar-refractivity contribution in [2.75, 3.05) is 5.32 Å². The maximum atomic E-state index is 13.2. The fourth-order valence-electron chi connectivity index (χ4n) is 6.01. The zero-order valence-corrected chi connectivity index (χ0v) is 14.2. The van der Waals surface area contributed by atoms with Crippen molar-refractivity contribution in [1.82, 2.24) is 4.98 Å². The molecule has 4 bridgehead atoms. The Morgan fingerprint density at radius 2 is 1.71 bits per heavy atom. The van der Waals surface area contributed by atoms with Crippen LogP contribution in [0.3, 0.4) is 0 Å². The number of amides is 1. The second-order valence-electron chi connectivity index (χ2n) is 8.48. The highest BCUT2D eigenvalue weighted by molar-refractivity contribution is 6.03. The Kier molecular flexibility index (Phi) is 3.04. The number of pyridine rings is 1. The van der Waals surface area contributed by atoms with Gasteiger partial charge in [0.25, 0.3) is 0 Å². The van der Waals surface area contributed by atoms with E-state index in [1.165, 1.54) is 19.3 Å². The third kappa shape index (κ3) is 2.17. The molecule has 0 saturated heterocycles. The van der Waals surface area contributed by atoms with Gasteiger partial charge < -0.3 is 5.32 Å². The van der Waals surface area contributed by atoms with Crippen molar-refractivity contribution in [3.63, 3.8) is 0 Å². The molecule has 3 nitrogen and oxygen atoms in total. The van der Waals surface area contributed by atoms with E-state index < -0.39 is 0 Å². The number of hydrogen-bond donors (Lipinski definition) is 1. The first-order chi connectivity index (χ1) is 11.6. The van der Waals surface area contributed by atoms with Crippen molar-refractivity contribution in [3.8, 4) is 0 Å². The zero-order chi connectivity index (χ0) is 16.3. The Bertz CT molecular complexity index is 790. The molecule has 1 amide bonds. The zero-order valence-electron chi connectivity index (χ0n) is 14.2. The van der Waals surface area contributed by atoms with Gasteiger partial charge in [0, 0.05) is 11.1 Å². The molecule has 4 fully saturated rings. The van der Waals surface area contributed by atoms with Crippen LogP contribution in [0.4, 0.5) is 5.69 Å². The van der Waals surface area contributed by atoms with E-state index >= 15 is 0 Å². The lowest BCUT2D eigenvalue weighted by Gasteiger charge is -2.55. The van der Waals surface area contributed by atoms with Gasteiger partial charge in [-0.1, -0.05) is 6.07 Å². The van der Waals surface area contributed by atoms with Crippen molar-refractivity contribution < 1.29 is 4.79 Å². The molecule has 0 atom stereocenters. The van der Waals surface area contributed by atoms with Gasteiger partial charge in [0.2, 0.25) is 5.91 Å². The van der Waals surface area contributed by atoms with E-state index in [1.807, 2.05) is 31.2 Å². The van der Waals surface area contributed by atoms with E-state index in [4.69, 9.17) is 0 Å². The van der Waals surface area contributed by atoms with Crippen LogP contribution >= 0.6 is 0 Å². The number of carbonyl (C=O) groups excluding carboxylic acids is 1. The van der Waals surface area contributed by atoms with Gasteiger partial charge in [-0.25, -0.2) is 0 Å². The van der Waals surface area contributed by atoms with E-state index in [0.717, 1.165) is 59.3 Å². The summed E-state index contributed by atoms with van der Waals surface area (Å²) in [6.07, 6.45) is 7.41. The molecule has 2 aromatic rings. The second-order valence-corrected chi connectivity index (χ2v) is 8.48. The van der Waals surface area contributed by atoms with Crippen LogP contribution in [-0.4, -0.2) is 10.9 Å². The van der Waals surface area contributed by atoms with Crippen LogP contribution < -0.4 is 5.32 Å². The lowest BCUT2D eigenvalue weighted by molar-refractivity contribution is -0.140. The number of carbonyl (C=O) groups is 1. The first-order valence-electron chi connectivity index (χ1n) is 9.29. The molecule has 4 aliphatic rings. The van der Waals surface area contributed by atoms with Crippen LogP contribution in [0.15, 0.2) is 30.3 Å². The van der Waals surface area contributed by atoms with Crippen molar-refractivity contribution >= 4 is 22.5 Å². The molecule has 4 aliphatic carbocycles. The molecule has 6 rings (SSSR count). The minimum atomic E-state index is -0.102. The number of nitrogens with one attached hydrogen (secondary N) is 1. The number of benzene rings is 1. The number of aryl methyl sites for hydroxylation is 1. The lowest BCUT2D eigenvalue weighted by Crippen LogP contribution is -2.51. The number of hydrogen-bond acceptors (Lipinski definition) is 2. The van der Waals surface area contributed by atoms with E-state index in [0.29, 0.717) is 0 Å². The second kappa shape index (κ2) is 5.05. The lowest BCUT2D eigenvalue weighted by atomic mass is 9.49. The largest absolute Gasteiger partial charge is 0.325 e. The Morgan fingerprint density at radius 1 is 1.04 bits per heavy atom. The van der Waals surface area contributed by atoms with E-state index in [2.05, 4.69) is 16.4 Å². The quantitative estimate of drug-likeness (QED) is 0.871. The summed E-state index contributed by atoms with van der Waals surface area (Å²) in [4.78, 5) is 17.8. The van der Waals surface area contributed by atoms with Gasteiger partial charge in [0.15, 0.2) is 0 Å². The number of anilines is 1. The summed E-state index contributed by atoms with van der Waals surface area (Å²) in [7, 11) is 0. The van der Waals surface area contributed by atoms with E-state index in [-0.39, 0.29) is 11.3 Å². The summed E-state index contributed by atoms with van der Waals surface area (Å²) in [6, 6.07) is 10.1. The minimum absolute atomic E-state index is 0.102. The molecular formula is C21H24N2O. The summed E-state index contributed by atoms with van der Waals surface area (Å²) in [5.41, 5.74) is 2.78. The molecule has 24 heavy (non-hydrogen) atoms. The molecular weight excluding hydrogens is 296 g/mol. The maximum absolute atomic E-state index is 13.2. The Labute approximate surface area is 142 Å².